The smallest absolute Gasteiger partial charge is 0.246 e. The Kier molecular flexibility index (Phi) is 7.39. The second-order valence-electron chi connectivity index (χ2n) is 8.33. The molecule has 0 radical (unpaired) electrons. The molecule has 1 aliphatic rings. The standard InChI is InChI=1S/C26H26FN3O4S/c1-19(31)20-7-13-24(14-8-20)35(33,34)30-17-15-29(16-18-30)25(21-5-3-2-4-6-21)26(32)28-23-11-9-22(27)10-12-23/h2-14,25H,15-18H2,1H3,(H,28,32)/t25-/m1/s1. The summed E-state index contributed by atoms with van der Waals surface area (Å²) in [6, 6.07) is 20.1. The third-order valence-electron chi connectivity index (χ3n) is 6.01. The maximum atomic E-state index is 13.3. The number of rotatable bonds is 7. The van der Waals surface area contributed by atoms with Crippen molar-refractivity contribution in [2.45, 2.75) is 17.9 Å². The third-order valence-corrected chi connectivity index (χ3v) is 7.93. The number of carbonyl (C=O) groups excluding carboxylic acids is 2. The summed E-state index contributed by atoms with van der Waals surface area (Å²) in [7, 11) is -3.73. The maximum absolute atomic E-state index is 13.3. The lowest BCUT2D eigenvalue weighted by molar-refractivity contribution is -0.122. The van der Waals surface area contributed by atoms with Crippen LogP contribution in [0.2, 0.25) is 0 Å². The average molecular weight is 496 g/mol. The van der Waals surface area contributed by atoms with Crippen LogP contribution in [0.1, 0.15) is 28.9 Å². The average Bonchev–Trinajstić information content (AvgIpc) is 2.86. The summed E-state index contributed by atoms with van der Waals surface area (Å²) in [4.78, 5) is 26.8. The predicted molar refractivity (Wildman–Crippen MR) is 131 cm³/mol. The largest absolute Gasteiger partial charge is 0.324 e. The van der Waals surface area contributed by atoms with Crippen molar-refractivity contribution in [3.8, 4) is 0 Å². The Bertz CT molecular complexity index is 1290. The highest BCUT2D eigenvalue weighted by molar-refractivity contribution is 7.89. The number of anilines is 1. The number of amides is 1. The molecular weight excluding hydrogens is 469 g/mol. The van der Waals surface area contributed by atoms with Crippen molar-refractivity contribution in [3.63, 3.8) is 0 Å². The summed E-state index contributed by atoms with van der Waals surface area (Å²) in [6.07, 6.45) is 0. The second kappa shape index (κ2) is 10.5. The molecule has 1 heterocycles. The molecule has 182 valence electrons. The zero-order valence-electron chi connectivity index (χ0n) is 19.2. The molecule has 1 aliphatic heterocycles. The molecule has 0 saturated carbocycles. The van der Waals surface area contributed by atoms with Crippen LogP contribution >= 0.6 is 0 Å². The van der Waals surface area contributed by atoms with Gasteiger partial charge in [0.15, 0.2) is 5.78 Å². The first-order chi connectivity index (χ1) is 16.8. The molecule has 1 atom stereocenters. The van der Waals surface area contributed by atoms with E-state index in [0.29, 0.717) is 24.3 Å². The van der Waals surface area contributed by atoms with Gasteiger partial charge in [-0.25, -0.2) is 12.8 Å². The van der Waals surface area contributed by atoms with Crippen LogP contribution in [0.3, 0.4) is 0 Å². The van der Waals surface area contributed by atoms with Gasteiger partial charge in [0.1, 0.15) is 11.9 Å². The number of Topliss-reactive ketones (excluding diaryl/α,β-unsaturated/α-hetero) is 1. The van der Waals surface area contributed by atoms with Gasteiger partial charge in [-0.1, -0.05) is 42.5 Å². The fraction of sp³-hybridized carbons (Fsp3) is 0.231. The van der Waals surface area contributed by atoms with Gasteiger partial charge in [-0.05, 0) is 48.9 Å². The summed E-state index contributed by atoms with van der Waals surface area (Å²) >= 11 is 0. The summed E-state index contributed by atoms with van der Waals surface area (Å²) in [5.74, 6) is -0.803. The Labute approximate surface area is 204 Å². The summed E-state index contributed by atoms with van der Waals surface area (Å²) in [5.41, 5.74) is 1.71. The van der Waals surface area contributed by atoms with Gasteiger partial charge < -0.3 is 5.32 Å². The molecule has 0 aromatic heterocycles. The van der Waals surface area contributed by atoms with Crippen LogP contribution in [-0.4, -0.2) is 55.5 Å². The minimum Gasteiger partial charge on any atom is -0.324 e. The van der Waals surface area contributed by atoms with Crippen molar-refractivity contribution in [2.24, 2.45) is 0 Å². The van der Waals surface area contributed by atoms with Gasteiger partial charge in [-0.2, -0.15) is 4.31 Å². The Morgan fingerprint density at radius 3 is 2.03 bits per heavy atom. The first-order valence-corrected chi connectivity index (χ1v) is 12.7. The van der Waals surface area contributed by atoms with Gasteiger partial charge in [0.25, 0.3) is 0 Å². The quantitative estimate of drug-likeness (QED) is 0.505. The van der Waals surface area contributed by atoms with Crippen molar-refractivity contribution < 1.29 is 22.4 Å². The number of nitrogens with zero attached hydrogens (tertiary/aromatic N) is 2. The van der Waals surface area contributed by atoms with Crippen LogP contribution in [0.4, 0.5) is 10.1 Å². The molecule has 0 bridgehead atoms. The van der Waals surface area contributed by atoms with E-state index in [-0.39, 0.29) is 29.7 Å². The molecule has 3 aromatic carbocycles. The minimum absolute atomic E-state index is 0.129. The van der Waals surface area contributed by atoms with Crippen molar-refractivity contribution >= 4 is 27.4 Å². The molecule has 35 heavy (non-hydrogen) atoms. The first-order valence-electron chi connectivity index (χ1n) is 11.2. The maximum Gasteiger partial charge on any atom is 0.246 e. The molecule has 1 fully saturated rings. The van der Waals surface area contributed by atoms with E-state index in [1.165, 1.54) is 59.8 Å². The van der Waals surface area contributed by atoms with Crippen LogP contribution < -0.4 is 5.32 Å². The highest BCUT2D eigenvalue weighted by Crippen LogP contribution is 2.26. The van der Waals surface area contributed by atoms with Crippen LogP contribution in [0.25, 0.3) is 0 Å². The lowest BCUT2D eigenvalue weighted by Crippen LogP contribution is -2.51. The van der Waals surface area contributed by atoms with E-state index in [4.69, 9.17) is 0 Å². The molecule has 0 aliphatic carbocycles. The number of nitrogens with one attached hydrogen (secondary N) is 1. The topological polar surface area (TPSA) is 86.8 Å². The lowest BCUT2D eigenvalue weighted by Gasteiger charge is -2.38. The van der Waals surface area contributed by atoms with Gasteiger partial charge in [0, 0.05) is 37.4 Å². The molecule has 9 heteroatoms. The summed E-state index contributed by atoms with van der Waals surface area (Å²) < 4.78 is 40.9. The fourth-order valence-corrected chi connectivity index (χ4v) is 5.54. The Hall–Kier alpha value is -3.40. The number of benzene rings is 3. The molecule has 0 unspecified atom stereocenters. The third kappa shape index (κ3) is 5.64. The predicted octanol–water partition coefficient (Wildman–Crippen LogP) is 3.71. The number of piperazine rings is 1. The van der Waals surface area contributed by atoms with Crippen LogP contribution in [-0.2, 0) is 14.8 Å². The zero-order chi connectivity index (χ0) is 25.0. The second-order valence-corrected chi connectivity index (χ2v) is 10.3. The van der Waals surface area contributed by atoms with E-state index in [2.05, 4.69) is 5.32 Å². The van der Waals surface area contributed by atoms with Crippen LogP contribution in [0, 0.1) is 5.82 Å². The first kappa shape index (κ1) is 24.7. The molecular formula is C26H26FN3O4S. The number of halogens is 1. The molecule has 1 saturated heterocycles. The molecule has 0 spiro atoms. The van der Waals surface area contributed by atoms with Crippen LogP contribution in [0.5, 0.6) is 0 Å². The Morgan fingerprint density at radius 2 is 1.46 bits per heavy atom. The van der Waals surface area contributed by atoms with Crippen LogP contribution in [0.15, 0.2) is 83.8 Å². The molecule has 3 aromatic rings. The van der Waals surface area contributed by atoms with Gasteiger partial charge in [0.2, 0.25) is 15.9 Å². The van der Waals surface area contributed by atoms with Gasteiger partial charge in [-0.3, -0.25) is 14.5 Å². The van der Waals surface area contributed by atoms with Gasteiger partial charge in [-0.15, -0.1) is 0 Å². The van der Waals surface area contributed by atoms with Crippen molar-refractivity contribution in [3.05, 3.63) is 95.8 Å². The monoisotopic (exact) mass is 495 g/mol. The Morgan fingerprint density at radius 1 is 0.857 bits per heavy atom. The van der Waals surface area contributed by atoms with E-state index >= 15 is 0 Å². The number of hydrogen-bond donors (Lipinski definition) is 1. The summed E-state index contributed by atoms with van der Waals surface area (Å²) in [6.45, 7) is 2.55. The van der Waals surface area contributed by atoms with E-state index < -0.39 is 21.9 Å². The minimum atomic E-state index is -3.73. The van der Waals surface area contributed by atoms with E-state index in [1.807, 2.05) is 35.2 Å². The van der Waals surface area contributed by atoms with Gasteiger partial charge in [0.05, 0.1) is 4.90 Å². The van der Waals surface area contributed by atoms with Crippen molar-refractivity contribution in [1.29, 1.82) is 0 Å². The summed E-state index contributed by atoms with van der Waals surface area (Å²) in [5, 5.41) is 2.84. The number of hydrogen-bond acceptors (Lipinski definition) is 5. The molecule has 7 nitrogen and oxygen atoms in total. The van der Waals surface area contributed by atoms with Crippen molar-refractivity contribution in [1.82, 2.24) is 9.21 Å². The number of carbonyl (C=O) groups is 2. The molecule has 1 amide bonds. The highest BCUT2D eigenvalue weighted by atomic mass is 32.2. The normalized spacial score (nSPS) is 15.9. The molecule has 4 rings (SSSR count). The zero-order valence-corrected chi connectivity index (χ0v) is 20.0. The van der Waals surface area contributed by atoms with E-state index in [9.17, 15) is 22.4 Å². The van der Waals surface area contributed by atoms with E-state index in [0.717, 1.165) is 5.56 Å². The Balaban J connectivity index is 1.50. The van der Waals surface area contributed by atoms with Gasteiger partial charge >= 0.3 is 0 Å². The number of sulfonamides is 1. The number of ketones is 1. The van der Waals surface area contributed by atoms with Crippen molar-refractivity contribution in [2.75, 3.05) is 31.5 Å². The highest BCUT2D eigenvalue weighted by Gasteiger charge is 2.34. The lowest BCUT2D eigenvalue weighted by atomic mass is 10.0. The molecule has 1 N–H and O–H groups in total. The SMILES string of the molecule is CC(=O)c1ccc(S(=O)(=O)N2CCN([C@@H](C(=O)Nc3ccc(F)cc3)c3ccccc3)CC2)cc1. The van der Waals surface area contributed by atoms with E-state index in [1.54, 1.807) is 0 Å². The fourth-order valence-electron chi connectivity index (χ4n) is 4.12.